The van der Waals surface area contributed by atoms with Gasteiger partial charge in [-0.15, -0.1) is 0 Å². The van der Waals surface area contributed by atoms with Crippen molar-refractivity contribution in [2.24, 2.45) is 16.8 Å². The third-order valence-electron chi connectivity index (χ3n) is 9.11. The number of nitriles is 1. The van der Waals surface area contributed by atoms with E-state index in [0.717, 1.165) is 25.3 Å². The third-order valence-corrected chi connectivity index (χ3v) is 9.11. The van der Waals surface area contributed by atoms with Crippen LogP contribution in [0.25, 0.3) is 0 Å². The third kappa shape index (κ3) is 8.31. The van der Waals surface area contributed by atoms with Gasteiger partial charge in [-0.3, -0.25) is 15.0 Å². The lowest BCUT2D eigenvalue weighted by atomic mass is 9.84. The number of aliphatic imine (C=N–C) groups is 1. The van der Waals surface area contributed by atoms with E-state index in [1.54, 1.807) is 0 Å². The molecular weight excluding hydrogens is 494 g/mol. The summed E-state index contributed by atoms with van der Waals surface area (Å²) in [7, 11) is 0. The molecule has 2 saturated carbocycles. The van der Waals surface area contributed by atoms with Gasteiger partial charge in [-0.25, -0.2) is 9.79 Å². The Bertz CT molecular complexity index is 886. The Kier molecular flexibility index (Phi) is 10.9. The molecule has 2 atom stereocenters. The van der Waals surface area contributed by atoms with E-state index >= 15 is 0 Å². The fraction of sp³-hybridized carbons (Fsp3) is 0.862. The van der Waals surface area contributed by atoms with E-state index in [0.29, 0.717) is 70.2 Å². The van der Waals surface area contributed by atoms with E-state index in [4.69, 9.17) is 9.73 Å². The second-order valence-corrected chi connectivity index (χ2v) is 12.1. The van der Waals surface area contributed by atoms with Crippen molar-refractivity contribution in [1.82, 2.24) is 25.8 Å². The van der Waals surface area contributed by atoms with Gasteiger partial charge in [0.05, 0.1) is 19.3 Å². The van der Waals surface area contributed by atoms with E-state index in [2.05, 4.69) is 33.8 Å². The van der Waals surface area contributed by atoms with Crippen LogP contribution >= 0.6 is 0 Å². The Morgan fingerprint density at radius 2 is 1.79 bits per heavy atom. The lowest BCUT2D eigenvalue weighted by molar-refractivity contribution is -0.124. The summed E-state index contributed by atoms with van der Waals surface area (Å²) in [6, 6.07) is 1.98. The summed E-state index contributed by atoms with van der Waals surface area (Å²) in [5, 5.41) is 19.1. The van der Waals surface area contributed by atoms with Gasteiger partial charge in [0.25, 0.3) is 0 Å². The van der Waals surface area contributed by atoms with Gasteiger partial charge in [0.15, 0.2) is 0 Å². The van der Waals surface area contributed by atoms with Crippen LogP contribution in [-0.4, -0.2) is 91.3 Å². The monoisotopic (exact) mass is 543 g/mol. The van der Waals surface area contributed by atoms with E-state index < -0.39 is 11.6 Å². The van der Waals surface area contributed by atoms with Gasteiger partial charge in [-0.05, 0) is 57.3 Å². The van der Waals surface area contributed by atoms with Crippen molar-refractivity contribution < 1.29 is 14.3 Å². The van der Waals surface area contributed by atoms with Gasteiger partial charge < -0.3 is 20.3 Å². The summed E-state index contributed by atoms with van der Waals surface area (Å²) in [4.78, 5) is 35.8. The maximum absolute atomic E-state index is 13.9. The fourth-order valence-corrected chi connectivity index (χ4v) is 6.68. The smallest absolute Gasteiger partial charge is 0.321 e. The number of guanidine groups is 1. The van der Waals surface area contributed by atoms with Crippen LogP contribution in [-0.2, 0) is 9.53 Å². The number of carbonyl (C=O) groups is 2. The molecule has 39 heavy (non-hydrogen) atoms. The minimum atomic E-state index is -0.896. The Balaban J connectivity index is 1.52. The van der Waals surface area contributed by atoms with Crippen molar-refractivity contribution in [1.29, 1.82) is 5.26 Å². The number of urea groups is 1. The number of carbonyl (C=O) groups excluding carboxylic acids is 2. The lowest BCUT2D eigenvalue weighted by Gasteiger charge is -2.34. The Labute approximate surface area is 234 Å². The first kappa shape index (κ1) is 29.6. The summed E-state index contributed by atoms with van der Waals surface area (Å²) in [5.41, 5.74) is -0.896. The molecule has 218 valence electrons. The predicted octanol–water partition coefficient (Wildman–Crippen LogP) is 3.00. The van der Waals surface area contributed by atoms with Crippen molar-refractivity contribution in [3.8, 4) is 6.07 Å². The molecule has 0 radical (unpaired) electrons. The first-order chi connectivity index (χ1) is 18.9. The van der Waals surface area contributed by atoms with Gasteiger partial charge in [-0.2, -0.15) is 5.26 Å². The second-order valence-electron chi connectivity index (χ2n) is 12.1. The van der Waals surface area contributed by atoms with Crippen molar-refractivity contribution >= 4 is 17.9 Å². The topological polar surface area (TPSA) is 122 Å². The first-order valence-corrected chi connectivity index (χ1v) is 15.3. The van der Waals surface area contributed by atoms with Gasteiger partial charge in [-0.1, -0.05) is 39.0 Å². The average molecular weight is 544 g/mol. The molecule has 2 aliphatic heterocycles. The van der Waals surface area contributed by atoms with Gasteiger partial charge >= 0.3 is 6.03 Å². The molecule has 2 heterocycles. The van der Waals surface area contributed by atoms with Crippen LogP contribution in [0.15, 0.2) is 4.99 Å². The Morgan fingerprint density at radius 3 is 2.46 bits per heavy atom. The van der Waals surface area contributed by atoms with E-state index in [9.17, 15) is 14.9 Å². The molecule has 3 N–H and O–H groups in total. The van der Waals surface area contributed by atoms with Crippen LogP contribution in [0.1, 0.15) is 84.5 Å². The molecular formula is C29H49N7O3. The van der Waals surface area contributed by atoms with Crippen LogP contribution in [0.2, 0.25) is 0 Å². The maximum atomic E-state index is 13.9. The predicted molar refractivity (Wildman–Crippen MR) is 151 cm³/mol. The zero-order chi connectivity index (χ0) is 27.7. The van der Waals surface area contributed by atoms with E-state index in [1.165, 1.54) is 44.9 Å². The number of nitrogens with zero attached hydrogens (tertiary/aromatic N) is 4. The van der Waals surface area contributed by atoms with Gasteiger partial charge in [0.2, 0.25) is 11.9 Å². The van der Waals surface area contributed by atoms with Crippen LogP contribution in [0.3, 0.4) is 0 Å². The quantitative estimate of drug-likeness (QED) is 0.335. The van der Waals surface area contributed by atoms with E-state index in [1.807, 2.05) is 11.8 Å². The van der Waals surface area contributed by atoms with Crippen molar-refractivity contribution in [3.63, 3.8) is 0 Å². The van der Waals surface area contributed by atoms with Crippen LogP contribution in [0.4, 0.5) is 4.79 Å². The van der Waals surface area contributed by atoms with Gasteiger partial charge in [0, 0.05) is 38.8 Å². The molecule has 4 fully saturated rings. The minimum absolute atomic E-state index is 0.204. The number of rotatable bonds is 7. The fourth-order valence-electron chi connectivity index (χ4n) is 6.68. The molecule has 0 aromatic heterocycles. The molecule has 0 spiro atoms. The maximum Gasteiger partial charge on any atom is 0.321 e. The van der Waals surface area contributed by atoms with Crippen LogP contribution in [0, 0.1) is 23.2 Å². The number of morpholine rings is 1. The lowest BCUT2D eigenvalue weighted by Crippen LogP contribution is -2.55. The molecule has 0 aromatic rings. The summed E-state index contributed by atoms with van der Waals surface area (Å²) in [6.07, 6.45) is 11.8. The second kappa shape index (κ2) is 14.3. The summed E-state index contributed by atoms with van der Waals surface area (Å²) in [5.74, 6) is 1.40. The minimum Gasteiger partial charge on any atom is -0.378 e. The van der Waals surface area contributed by atoms with E-state index in [-0.39, 0.29) is 11.9 Å². The molecule has 10 nitrogen and oxygen atoms in total. The normalized spacial score (nSPS) is 29.9. The van der Waals surface area contributed by atoms with Crippen molar-refractivity contribution in [3.05, 3.63) is 0 Å². The molecule has 4 rings (SSSR count). The number of hydrogen-bond acceptors (Lipinski definition) is 6. The molecule has 2 aliphatic carbocycles. The highest BCUT2D eigenvalue weighted by Crippen LogP contribution is 2.33. The number of hydrogen-bond donors (Lipinski definition) is 3. The Morgan fingerprint density at radius 1 is 1.08 bits per heavy atom. The molecule has 2 saturated heterocycles. The average Bonchev–Trinajstić information content (AvgIpc) is 3.38. The number of nitrogens with one attached hydrogen (secondary N) is 3. The van der Waals surface area contributed by atoms with Crippen molar-refractivity contribution in [2.75, 3.05) is 45.9 Å². The van der Waals surface area contributed by atoms with Crippen LogP contribution in [0.5, 0.6) is 0 Å². The standard InChI is InChI=1S/C29H49N7O3/c1-3-31-28(38)33-27(35-15-17-39-18-16-35)32-25(19-23-7-5-4-6-8-23)26(37)34-29(20-30)13-14-36(21-29)24-11-9-22(2)10-12-24/h22-25H,3-19,21H2,1-2H3,(H,34,37)(H2,31,32,33,38). The molecule has 10 heteroatoms. The molecule has 0 bridgehead atoms. The van der Waals surface area contributed by atoms with Crippen molar-refractivity contribution in [2.45, 2.75) is 102 Å². The number of likely N-dealkylation sites (tertiary alicyclic amines) is 1. The van der Waals surface area contributed by atoms with Crippen LogP contribution < -0.4 is 16.0 Å². The number of amides is 3. The first-order valence-electron chi connectivity index (χ1n) is 15.3. The molecule has 4 aliphatic rings. The number of ether oxygens (including phenoxy) is 1. The summed E-state index contributed by atoms with van der Waals surface area (Å²) < 4.78 is 5.51. The SMILES string of the molecule is CCNC(=O)NC(=NC(CC1CCCCC1)C(=O)NC1(C#N)CCN(C2CCC(C)CC2)C1)N1CCOCC1. The summed E-state index contributed by atoms with van der Waals surface area (Å²) >= 11 is 0. The summed E-state index contributed by atoms with van der Waals surface area (Å²) in [6.45, 7) is 8.37. The highest BCUT2D eigenvalue weighted by atomic mass is 16.5. The molecule has 0 aromatic carbocycles. The zero-order valence-corrected chi connectivity index (χ0v) is 24.1. The highest BCUT2D eigenvalue weighted by molar-refractivity contribution is 5.97. The highest BCUT2D eigenvalue weighted by Gasteiger charge is 2.43. The largest absolute Gasteiger partial charge is 0.378 e. The zero-order valence-electron chi connectivity index (χ0n) is 24.1. The Hall–Kier alpha value is -2.38. The molecule has 2 unspecified atom stereocenters. The molecule has 3 amide bonds. The van der Waals surface area contributed by atoms with Gasteiger partial charge in [0.1, 0.15) is 11.6 Å².